The lowest BCUT2D eigenvalue weighted by Gasteiger charge is -2.30. The molecule has 2 heterocycles. The average Bonchev–Trinajstić information content (AvgIpc) is 3.14. The molecule has 1 amide bonds. The summed E-state index contributed by atoms with van der Waals surface area (Å²) in [4.78, 5) is 12.7. The van der Waals surface area contributed by atoms with Crippen molar-refractivity contribution in [1.82, 2.24) is 9.62 Å². The molecule has 6 nitrogen and oxygen atoms in total. The highest BCUT2D eigenvalue weighted by molar-refractivity contribution is 9.11. The molecule has 1 aliphatic heterocycles. The summed E-state index contributed by atoms with van der Waals surface area (Å²) in [5.41, 5.74) is 0.904. The zero-order valence-corrected chi connectivity index (χ0v) is 18.8. The van der Waals surface area contributed by atoms with E-state index in [1.165, 1.54) is 15.6 Å². The van der Waals surface area contributed by atoms with Crippen LogP contribution in [0.5, 0.6) is 5.75 Å². The van der Waals surface area contributed by atoms with E-state index >= 15 is 0 Å². The van der Waals surface area contributed by atoms with E-state index in [9.17, 15) is 13.2 Å². The number of hydrogen-bond acceptors (Lipinski definition) is 5. The number of para-hydroxylation sites is 1. The van der Waals surface area contributed by atoms with Crippen molar-refractivity contribution in [3.05, 3.63) is 45.7 Å². The molecule has 1 N–H and O–H groups in total. The molecule has 1 aromatic heterocycles. The van der Waals surface area contributed by atoms with E-state index in [1.54, 1.807) is 12.1 Å². The third-order valence-corrected chi connectivity index (χ3v) is 8.58. The lowest BCUT2D eigenvalue weighted by molar-refractivity contribution is -0.126. The Bertz CT molecular complexity index is 930. The molecule has 0 spiro atoms. The van der Waals surface area contributed by atoms with Crippen LogP contribution in [-0.2, 0) is 21.4 Å². The first-order valence-electron chi connectivity index (χ1n) is 9.15. The number of thiophene rings is 1. The van der Waals surface area contributed by atoms with Gasteiger partial charge in [0, 0.05) is 25.2 Å². The first kappa shape index (κ1) is 21.3. The van der Waals surface area contributed by atoms with E-state index < -0.39 is 10.0 Å². The van der Waals surface area contributed by atoms with Crippen molar-refractivity contribution in [3.8, 4) is 5.75 Å². The van der Waals surface area contributed by atoms with Crippen molar-refractivity contribution >= 4 is 43.2 Å². The van der Waals surface area contributed by atoms with Gasteiger partial charge in [-0.25, -0.2) is 8.42 Å². The van der Waals surface area contributed by atoms with Crippen LogP contribution in [0, 0.1) is 5.92 Å². The summed E-state index contributed by atoms with van der Waals surface area (Å²) in [6.45, 7) is 3.47. The predicted octanol–water partition coefficient (Wildman–Crippen LogP) is 3.63. The van der Waals surface area contributed by atoms with Crippen molar-refractivity contribution in [2.24, 2.45) is 5.92 Å². The van der Waals surface area contributed by atoms with Gasteiger partial charge in [-0.3, -0.25) is 4.79 Å². The number of nitrogens with one attached hydrogen (secondary N) is 1. The van der Waals surface area contributed by atoms with Crippen LogP contribution in [0.2, 0.25) is 0 Å². The van der Waals surface area contributed by atoms with E-state index in [4.69, 9.17) is 4.74 Å². The lowest BCUT2D eigenvalue weighted by Crippen LogP contribution is -2.45. The van der Waals surface area contributed by atoms with Crippen LogP contribution < -0.4 is 10.1 Å². The molecule has 0 aliphatic carbocycles. The molecule has 0 bridgehead atoms. The van der Waals surface area contributed by atoms with Crippen LogP contribution in [0.25, 0.3) is 0 Å². The zero-order valence-electron chi connectivity index (χ0n) is 15.6. The minimum Gasteiger partial charge on any atom is -0.494 e. The van der Waals surface area contributed by atoms with Gasteiger partial charge in [0.25, 0.3) is 10.0 Å². The number of ether oxygens (including phenoxy) is 1. The second-order valence-electron chi connectivity index (χ2n) is 6.52. The number of rotatable bonds is 7. The highest BCUT2D eigenvalue weighted by Gasteiger charge is 2.34. The summed E-state index contributed by atoms with van der Waals surface area (Å²) >= 11 is 4.49. The van der Waals surface area contributed by atoms with Gasteiger partial charge in [0.2, 0.25) is 5.91 Å². The maximum Gasteiger partial charge on any atom is 0.252 e. The molecule has 1 unspecified atom stereocenters. The minimum atomic E-state index is -3.57. The second-order valence-corrected chi connectivity index (χ2v) is 11.1. The average molecular weight is 487 g/mol. The van der Waals surface area contributed by atoms with Crippen LogP contribution in [0.3, 0.4) is 0 Å². The summed E-state index contributed by atoms with van der Waals surface area (Å²) in [5.74, 6) is 0.270. The summed E-state index contributed by atoms with van der Waals surface area (Å²) in [7, 11) is -3.57. The van der Waals surface area contributed by atoms with E-state index in [-0.39, 0.29) is 18.4 Å². The number of amides is 1. The van der Waals surface area contributed by atoms with Crippen molar-refractivity contribution in [2.45, 2.75) is 30.5 Å². The Morgan fingerprint density at radius 3 is 2.82 bits per heavy atom. The number of halogens is 1. The third-order valence-electron chi connectivity index (χ3n) is 4.62. The molecule has 1 aliphatic rings. The number of nitrogens with zero attached hydrogens (tertiary/aromatic N) is 1. The molecule has 9 heteroatoms. The summed E-state index contributed by atoms with van der Waals surface area (Å²) in [6.07, 6.45) is 1.35. The highest BCUT2D eigenvalue weighted by Crippen LogP contribution is 2.31. The molecular formula is C19H23BrN2O4S2. The van der Waals surface area contributed by atoms with Gasteiger partial charge in [0.1, 0.15) is 9.96 Å². The molecule has 0 radical (unpaired) electrons. The van der Waals surface area contributed by atoms with Crippen LogP contribution in [0.1, 0.15) is 25.3 Å². The molecule has 152 valence electrons. The number of benzene rings is 1. The normalized spacial score (nSPS) is 18.0. The maximum absolute atomic E-state index is 12.8. The molecule has 3 rings (SSSR count). The molecular weight excluding hydrogens is 464 g/mol. The first-order valence-corrected chi connectivity index (χ1v) is 12.2. The van der Waals surface area contributed by atoms with Crippen LogP contribution >= 0.6 is 27.3 Å². The Kier molecular flexibility index (Phi) is 7.14. The van der Waals surface area contributed by atoms with Gasteiger partial charge in [0.15, 0.2) is 0 Å². The fourth-order valence-electron chi connectivity index (χ4n) is 3.21. The first-order chi connectivity index (χ1) is 13.4. The van der Waals surface area contributed by atoms with Crippen molar-refractivity contribution in [3.63, 3.8) is 0 Å². The number of carbonyl (C=O) groups is 1. The molecule has 1 saturated heterocycles. The number of hydrogen-bond donors (Lipinski definition) is 1. The SMILES string of the molecule is CCOc1ccccc1CNC(=O)C1CCCN(S(=O)(=O)c2ccc(Br)s2)C1. The van der Waals surface area contributed by atoms with Crippen molar-refractivity contribution in [2.75, 3.05) is 19.7 Å². The van der Waals surface area contributed by atoms with Crippen LogP contribution in [0.15, 0.2) is 44.4 Å². The van der Waals surface area contributed by atoms with Gasteiger partial charge >= 0.3 is 0 Å². The van der Waals surface area contributed by atoms with Gasteiger partial charge < -0.3 is 10.1 Å². The Balaban J connectivity index is 1.63. The Hall–Kier alpha value is -1.42. The maximum atomic E-state index is 12.8. The number of carbonyl (C=O) groups excluding carboxylic acids is 1. The largest absolute Gasteiger partial charge is 0.494 e. The minimum absolute atomic E-state index is 0.126. The number of sulfonamides is 1. The molecule has 1 atom stereocenters. The molecule has 1 fully saturated rings. The Morgan fingerprint density at radius 2 is 2.11 bits per heavy atom. The molecule has 1 aromatic carbocycles. The second kappa shape index (κ2) is 9.39. The monoisotopic (exact) mass is 486 g/mol. The van der Waals surface area contributed by atoms with Gasteiger partial charge in [-0.1, -0.05) is 18.2 Å². The van der Waals surface area contributed by atoms with E-state index in [0.717, 1.165) is 15.1 Å². The lowest BCUT2D eigenvalue weighted by atomic mass is 9.98. The van der Waals surface area contributed by atoms with E-state index in [1.807, 2.05) is 31.2 Å². The molecule has 28 heavy (non-hydrogen) atoms. The Labute approximate surface area is 178 Å². The molecule has 2 aromatic rings. The predicted molar refractivity (Wildman–Crippen MR) is 113 cm³/mol. The van der Waals surface area contributed by atoms with Gasteiger partial charge in [-0.05, 0) is 53.9 Å². The van der Waals surface area contributed by atoms with Gasteiger partial charge in [0.05, 0.1) is 16.3 Å². The van der Waals surface area contributed by atoms with Crippen molar-refractivity contribution in [1.29, 1.82) is 0 Å². The summed E-state index contributed by atoms with van der Waals surface area (Å²) in [5, 5.41) is 2.94. The Morgan fingerprint density at radius 1 is 1.32 bits per heavy atom. The van der Waals surface area contributed by atoms with Crippen LogP contribution in [0.4, 0.5) is 0 Å². The third kappa shape index (κ3) is 4.94. The van der Waals surface area contributed by atoms with E-state index in [0.29, 0.717) is 36.7 Å². The fraction of sp³-hybridized carbons (Fsp3) is 0.421. The van der Waals surface area contributed by atoms with Crippen LogP contribution in [-0.4, -0.2) is 38.3 Å². The zero-order chi connectivity index (χ0) is 20.1. The highest BCUT2D eigenvalue weighted by atomic mass is 79.9. The topological polar surface area (TPSA) is 75.7 Å². The van der Waals surface area contributed by atoms with Crippen molar-refractivity contribution < 1.29 is 17.9 Å². The quantitative estimate of drug-likeness (QED) is 0.648. The summed E-state index contributed by atoms with van der Waals surface area (Å²) < 4.78 is 33.7. The smallest absolute Gasteiger partial charge is 0.252 e. The van der Waals surface area contributed by atoms with E-state index in [2.05, 4.69) is 21.2 Å². The standard InChI is InChI=1S/C19H23BrN2O4S2/c1-2-26-16-8-4-3-6-14(16)12-21-19(23)15-7-5-11-22(13-15)28(24,25)18-10-9-17(20)27-18/h3-4,6,8-10,15H,2,5,7,11-13H2,1H3,(H,21,23). The summed E-state index contributed by atoms with van der Waals surface area (Å²) in [6, 6.07) is 10.9. The van der Waals surface area contributed by atoms with Gasteiger partial charge in [-0.15, -0.1) is 11.3 Å². The molecule has 0 saturated carbocycles. The fourth-order valence-corrected chi connectivity index (χ4v) is 6.90. The van der Waals surface area contributed by atoms with Gasteiger partial charge in [-0.2, -0.15) is 4.31 Å². The number of piperidine rings is 1.